The molecule has 0 saturated heterocycles. The molecule has 2 heterocycles. The highest BCUT2D eigenvalue weighted by Gasteiger charge is 2.24. The van der Waals surface area contributed by atoms with E-state index in [0.717, 1.165) is 28.6 Å². The van der Waals surface area contributed by atoms with Gasteiger partial charge in [-0.2, -0.15) is 0 Å². The molecule has 0 spiro atoms. The van der Waals surface area contributed by atoms with Gasteiger partial charge < -0.3 is 10.1 Å². The molecular formula is C27H30N6O4S. The maximum absolute atomic E-state index is 13.5. The van der Waals surface area contributed by atoms with Crippen molar-refractivity contribution in [2.75, 3.05) is 23.4 Å². The number of aryl methyl sites for hydroxylation is 1. The number of methoxy groups -OCH3 is 1. The summed E-state index contributed by atoms with van der Waals surface area (Å²) < 4.78 is 33.6. The van der Waals surface area contributed by atoms with Gasteiger partial charge in [-0.25, -0.2) is 13.1 Å². The number of amides is 1. The lowest BCUT2D eigenvalue weighted by Gasteiger charge is -2.23. The average Bonchev–Trinajstić information content (AvgIpc) is 3.34. The Labute approximate surface area is 222 Å². The number of hydrogen-bond donors (Lipinski definition) is 2. The number of anilines is 2. The van der Waals surface area contributed by atoms with Crippen molar-refractivity contribution < 1.29 is 17.9 Å². The zero-order valence-corrected chi connectivity index (χ0v) is 22.9. The molecule has 0 atom stereocenters. The summed E-state index contributed by atoms with van der Waals surface area (Å²) in [6.45, 7) is 7.87. The van der Waals surface area contributed by atoms with E-state index in [9.17, 15) is 13.2 Å². The van der Waals surface area contributed by atoms with E-state index in [2.05, 4.69) is 25.3 Å². The molecular weight excluding hydrogens is 504 g/mol. The molecule has 2 N–H and O–H groups in total. The van der Waals surface area contributed by atoms with Crippen LogP contribution in [0.25, 0.3) is 16.9 Å². The van der Waals surface area contributed by atoms with Gasteiger partial charge in [-0.3, -0.25) is 14.5 Å². The maximum atomic E-state index is 13.5. The summed E-state index contributed by atoms with van der Waals surface area (Å²) in [6.07, 6.45) is 6.25. The van der Waals surface area contributed by atoms with Gasteiger partial charge in [0.2, 0.25) is 10.0 Å². The smallest absolute Gasteiger partial charge is 0.259 e. The molecule has 0 aliphatic heterocycles. The molecule has 4 rings (SSSR count). The summed E-state index contributed by atoms with van der Waals surface area (Å²) in [5, 5.41) is 11.4. The fraction of sp³-hybridized carbons (Fsp3) is 0.259. The summed E-state index contributed by atoms with van der Waals surface area (Å²) >= 11 is 0. The molecule has 38 heavy (non-hydrogen) atoms. The van der Waals surface area contributed by atoms with Gasteiger partial charge in [0.1, 0.15) is 5.69 Å². The largest absolute Gasteiger partial charge is 0.494 e. The Morgan fingerprint density at radius 1 is 1.11 bits per heavy atom. The molecule has 1 amide bonds. The summed E-state index contributed by atoms with van der Waals surface area (Å²) in [4.78, 5) is 17.6. The van der Waals surface area contributed by atoms with E-state index >= 15 is 0 Å². The van der Waals surface area contributed by atoms with Crippen molar-refractivity contribution in [3.05, 3.63) is 77.7 Å². The number of pyridine rings is 1. The van der Waals surface area contributed by atoms with Crippen molar-refractivity contribution in [3.63, 3.8) is 0 Å². The lowest BCUT2D eigenvalue weighted by atomic mass is 9.85. The first-order valence-corrected chi connectivity index (χ1v) is 13.7. The van der Waals surface area contributed by atoms with Gasteiger partial charge in [0, 0.05) is 23.6 Å². The van der Waals surface area contributed by atoms with Crippen LogP contribution in [-0.2, 0) is 15.4 Å². The first kappa shape index (κ1) is 26.8. The molecule has 0 aliphatic rings. The summed E-state index contributed by atoms with van der Waals surface area (Å²) in [6, 6.07) is 12.6. The van der Waals surface area contributed by atoms with Gasteiger partial charge in [-0.05, 0) is 59.9 Å². The van der Waals surface area contributed by atoms with Crippen LogP contribution in [0.5, 0.6) is 5.75 Å². The van der Waals surface area contributed by atoms with Crippen molar-refractivity contribution in [2.24, 2.45) is 0 Å². The SMILES string of the molecule is COc1c(NS(C)(=O)=O)cc(C(C)(C)C)cc1C(=O)Nc1ccc(C)c(-n2cc(-c3cccnc3)nn2)c1. The maximum Gasteiger partial charge on any atom is 0.259 e. The quantitative estimate of drug-likeness (QED) is 0.355. The van der Waals surface area contributed by atoms with Gasteiger partial charge in [-0.1, -0.05) is 32.1 Å². The molecule has 2 aromatic heterocycles. The average molecular weight is 535 g/mol. The topological polar surface area (TPSA) is 128 Å². The molecule has 11 heteroatoms. The zero-order chi connectivity index (χ0) is 27.7. The Kier molecular flexibility index (Phi) is 7.23. The predicted octanol–water partition coefficient (Wildman–Crippen LogP) is 4.57. The van der Waals surface area contributed by atoms with E-state index in [0.29, 0.717) is 11.4 Å². The Morgan fingerprint density at radius 2 is 1.87 bits per heavy atom. The molecule has 0 fully saturated rings. The molecule has 0 saturated carbocycles. The van der Waals surface area contributed by atoms with Gasteiger partial charge in [-0.15, -0.1) is 5.10 Å². The molecule has 10 nitrogen and oxygen atoms in total. The molecule has 0 aliphatic carbocycles. The number of aromatic nitrogens is 4. The van der Waals surface area contributed by atoms with Crippen LogP contribution < -0.4 is 14.8 Å². The van der Waals surface area contributed by atoms with Crippen molar-refractivity contribution in [3.8, 4) is 22.7 Å². The Hall–Kier alpha value is -4.25. The highest BCUT2D eigenvalue weighted by atomic mass is 32.2. The minimum atomic E-state index is -3.61. The van der Waals surface area contributed by atoms with Crippen LogP contribution in [0, 0.1) is 6.92 Å². The first-order chi connectivity index (χ1) is 17.9. The third-order valence-electron chi connectivity index (χ3n) is 5.86. The van der Waals surface area contributed by atoms with Gasteiger partial charge in [0.25, 0.3) is 5.91 Å². The highest BCUT2D eigenvalue weighted by Crippen LogP contribution is 2.36. The lowest BCUT2D eigenvalue weighted by Crippen LogP contribution is -2.20. The number of benzene rings is 2. The van der Waals surface area contributed by atoms with Gasteiger partial charge >= 0.3 is 0 Å². The zero-order valence-electron chi connectivity index (χ0n) is 22.1. The summed E-state index contributed by atoms with van der Waals surface area (Å²) in [7, 11) is -2.22. The van der Waals surface area contributed by atoms with Crippen LogP contribution in [-0.4, -0.2) is 47.7 Å². The predicted molar refractivity (Wildman–Crippen MR) is 147 cm³/mol. The molecule has 2 aromatic carbocycles. The number of carbonyl (C=O) groups excluding carboxylic acids is 1. The Morgan fingerprint density at radius 3 is 2.50 bits per heavy atom. The second-order valence-corrected chi connectivity index (χ2v) is 11.7. The molecule has 0 radical (unpaired) electrons. The first-order valence-electron chi connectivity index (χ1n) is 11.8. The van der Waals surface area contributed by atoms with Crippen molar-refractivity contribution >= 4 is 27.3 Å². The van der Waals surface area contributed by atoms with Crippen molar-refractivity contribution in [2.45, 2.75) is 33.1 Å². The van der Waals surface area contributed by atoms with Crippen LogP contribution in [0.4, 0.5) is 11.4 Å². The second kappa shape index (κ2) is 10.3. The van der Waals surface area contributed by atoms with Gasteiger partial charge in [0.05, 0.1) is 36.5 Å². The Balaban J connectivity index is 1.70. The van der Waals surface area contributed by atoms with Crippen LogP contribution in [0.2, 0.25) is 0 Å². The monoisotopic (exact) mass is 534 g/mol. The number of carbonyl (C=O) groups is 1. The van der Waals surface area contributed by atoms with E-state index in [1.807, 2.05) is 45.9 Å². The third kappa shape index (κ3) is 6.00. The van der Waals surface area contributed by atoms with E-state index < -0.39 is 15.9 Å². The Bertz CT molecular complexity index is 1590. The van der Waals surface area contributed by atoms with E-state index in [1.54, 1.807) is 47.5 Å². The van der Waals surface area contributed by atoms with Crippen LogP contribution in [0.1, 0.15) is 42.3 Å². The minimum Gasteiger partial charge on any atom is -0.494 e. The minimum absolute atomic E-state index is 0.130. The second-order valence-electron chi connectivity index (χ2n) is 9.97. The summed E-state index contributed by atoms with van der Waals surface area (Å²) in [5.74, 6) is -0.320. The van der Waals surface area contributed by atoms with E-state index in [4.69, 9.17) is 4.74 Å². The third-order valence-corrected chi connectivity index (χ3v) is 6.45. The summed E-state index contributed by atoms with van der Waals surface area (Å²) in [5.41, 5.74) is 4.51. The van der Waals surface area contributed by atoms with E-state index in [1.165, 1.54) is 7.11 Å². The van der Waals surface area contributed by atoms with Crippen LogP contribution >= 0.6 is 0 Å². The molecule has 0 bridgehead atoms. The van der Waals surface area contributed by atoms with Gasteiger partial charge in [0.15, 0.2) is 5.75 Å². The number of rotatable bonds is 7. The lowest BCUT2D eigenvalue weighted by molar-refractivity contribution is 0.102. The number of hydrogen-bond acceptors (Lipinski definition) is 7. The highest BCUT2D eigenvalue weighted by molar-refractivity contribution is 7.92. The van der Waals surface area contributed by atoms with E-state index in [-0.39, 0.29) is 22.4 Å². The number of sulfonamides is 1. The fourth-order valence-electron chi connectivity index (χ4n) is 3.89. The number of nitrogens with zero attached hydrogens (tertiary/aromatic N) is 4. The standard InChI is InChI=1S/C27H30N6O4S/c1-17-9-10-20(14-24(17)33-16-23(30-32-33)18-8-7-11-28-15-18)29-26(34)21-12-19(27(2,3)4)13-22(25(21)37-5)31-38(6,35)36/h7-16,31H,1-6H3,(H,29,34). The normalized spacial score (nSPS) is 11.7. The molecule has 198 valence electrons. The fourth-order valence-corrected chi connectivity index (χ4v) is 4.44. The van der Waals surface area contributed by atoms with Crippen LogP contribution in [0.15, 0.2) is 61.1 Å². The molecule has 0 unspecified atom stereocenters. The van der Waals surface area contributed by atoms with Crippen molar-refractivity contribution in [1.29, 1.82) is 0 Å². The number of ether oxygens (including phenoxy) is 1. The molecule has 4 aromatic rings. The number of nitrogens with one attached hydrogen (secondary N) is 2. The van der Waals surface area contributed by atoms with Crippen LogP contribution in [0.3, 0.4) is 0 Å². The van der Waals surface area contributed by atoms with Crippen molar-refractivity contribution in [1.82, 2.24) is 20.0 Å².